The fourth-order valence-corrected chi connectivity index (χ4v) is 2.96. The van der Waals surface area contributed by atoms with Gasteiger partial charge in [0, 0.05) is 16.5 Å². The molecule has 18 heavy (non-hydrogen) atoms. The molecule has 2 heterocycles. The summed E-state index contributed by atoms with van der Waals surface area (Å²) in [6, 6.07) is 5.93. The lowest BCUT2D eigenvalue weighted by Gasteiger charge is -1.99. The molecule has 5 heteroatoms. The molecule has 1 atom stereocenters. The summed E-state index contributed by atoms with van der Waals surface area (Å²) in [7, 11) is 0. The average molecular weight is 259 g/mol. The van der Waals surface area contributed by atoms with Gasteiger partial charge in [0.2, 0.25) is 0 Å². The Bertz CT molecular complexity index is 699. The number of oxazole rings is 1. The summed E-state index contributed by atoms with van der Waals surface area (Å²) in [5.41, 5.74) is 9.61. The van der Waals surface area contributed by atoms with Crippen molar-refractivity contribution in [2.75, 3.05) is 0 Å². The first kappa shape index (κ1) is 11.4. The van der Waals surface area contributed by atoms with Gasteiger partial charge >= 0.3 is 0 Å². The van der Waals surface area contributed by atoms with Crippen LogP contribution in [0, 0.1) is 6.92 Å². The minimum absolute atomic E-state index is 0.0188. The van der Waals surface area contributed by atoms with Crippen LogP contribution in [-0.2, 0) is 0 Å². The molecule has 0 amide bonds. The van der Waals surface area contributed by atoms with Gasteiger partial charge in [-0.25, -0.2) is 9.97 Å². The van der Waals surface area contributed by atoms with Crippen molar-refractivity contribution in [1.82, 2.24) is 9.97 Å². The van der Waals surface area contributed by atoms with Gasteiger partial charge in [0.25, 0.3) is 0 Å². The Labute approximate surface area is 108 Å². The van der Waals surface area contributed by atoms with Crippen LogP contribution < -0.4 is 5.73 Å². The highest BCUT2D eigenvalue weighted by Gasteiger charge is 2.13. The van der Waals surface area contributed by atoms with E-state index >= 15 is 0 Å². The summed E-state index contributed by atoms with van der Waals surface area (Å²) in [5.74, 6) is 0. The molecule has 0 aliphatic heterocycles. The highest BCUT2D eigenvalue weighted by atomic mass is 32.1. The van der Waals surface area contributed by atoms with Crippen molar-refractivity contribution in [3.63, 3.8) is 0 Å². The lowest BCUT2D eigenvalue weighted by Crippen LogP contribution is -2.03. The van der Waals surface area contributed by atoms with E-state index in [1.807, 2.05) is 32.0 Å². The Morgan fingerprint density at radius 1 is 1.39 bits per heavy atom. The van der Waals surface area contributed by atoms with Crippen molar-refractivity contribution in [3.05, 3.63) is 35.2 Å². The number of benzene rings is 1. The van der Waals surface area contributed by atoms with Crippen LogP contribution in [0.5, 0.6) is 0 Å². The Hall–Kier alpha value is -1.72. The Balaban J connectivity index is 2.10. The monoisotopic (exact) mass is 259 g/mol. The Morgan fingerprint density at radius 2 is 2.22 bits per heavy atom. The molecule has 2 N–H and O–H groups in total. The van der Waals surface area contributed by atoms with Gasteiger partial charge in [-0.2, -0.15) is 0 Å². The molecule has 3 aromatic rings. The van der Waals surface area contributed by atoms with Crippen LogP contribution in [0.25, 0.3) is 21.7 Å². The van der Waals surface area contributed by atoms with Crippen molar-refractivity contribution in [2.24, 2.45) is 5.73 Å². The average Bonchev–Trinajstić information content (AvgIpc) is 2.93. The lowest BCUT2D eigenvalue weighted by molar-refractivity contribution is 0.602. The molecule has 92 valence electrons. The molecule has 1 unspecified atom stereocenters. The molecule has 4 nitrogen and oxygen atoms in total. The predicted molar refractivity (Wildman–Crippen MR) is 72.5 cm³/mol. The van der Waals surface area contributed by atoms with Gasteiger partial charge in [-0.3, -0.25) is 0 Å². The maximum atomic E-state index is 5.92. The minimum atomic E-state index is 0.0188. The zero-order chi connectivity index (χ0) is 12.7. The normalized spacial score (nSPS) is 13.1. The first-order valence-electron chi connectivity index (χ1n) is 5.71. The highest BCUT2D eigenvalue weighted by molar-refractivity contribution is 7.15. The molecule has 0 aliphatic carbocycles. The molecule has 3 rings (SSSR count). The van der Waals surface area contributed by atoms with Crippen molar-refractivity contribution < 1.29 is 4.42 Å². The molecule has 1 aromatic carbocycles. The number of fused-ring (bicyclic) bond motifs is 1. The molecule has 0 saturated carbocycles. The van der Waals surface area contributed by atoms with E-state index in [0.717, 1.165) is 32.2 Å². The molecular formula is C13H13N3OS. The van der Waals surface area contributed by atoms with E-state index in [1.54, 1.807) is 11.3 Å². The molecule has 0 radical (unpaired) electrons. The summed E-state index contributed by atoms with van der Waals surface area (Å²) in [4.78, 5) is 9.80. The zero-order valence-electron chi connectivity index (χ0n) is 10.2. The molecule has 0 saturated heterocycles. The van der Waals surface area contributed by atoms with Crippen LogP contribution in [0.4, 0.5) is 0 Å². The number of nitrogens with zero attached hydrogens (tertiary/aromatic N) is 2. The van der Waals surface area contributed by atoms with E-state index in [-0.39, 0.29) is 6.04 Å². The van der Waals surface area contributed by atoms with Crippen LogP contribution in [-0.4, -0.2) is 9.97 Å². The zero-order valence-corrected chi connectivity index (χ0v) is 11.0. The Kier molecular flexibility index (Phi) is 2.65. The third kappa shape index (κ3) is 1.81. The van der Waals surface area contributed by atoms with Gasteiger partial charge in [0.1, 0.15) is 10.5 Å². The maximum absolute atomic E-state index is 5.92. The number of aryl methyl sites for hydroxylation is 1. The predicted octanol–water partition coefficient (Wildman–Crippen LogP) is 3.28. The molecule has 0 fully saturated rings. The third-order valence-corrected chi connectivity index (χ3v) is 4.23. The van der Waals surface area contributed by atoms with Gasteiger partial charge in [-0.1, -0.05) is 0 Å². The van der Waals surface area contributed by atoms with E-state index in [1.165, 1.54) is 6.39 Å². The minimum Gasteiger partial charge on any atom is -0.443 e. The number of nitrogens with two attached hydrogens (primary N) is 1. The summed E-state index contributed by atoms with van der Waals surface area (Å²) < 4.78 is 5.31. The van der Waals surface area contributed by atoms with Crippen LogP contribution in [0.1, 0.15) is 23.5 Å². The van der Waals surface area contributed by atoms with Crippen LogP contribution in [0.2, 0.25) is 0 Å². The third-order valence-electron chi connectivity index (χ3n) is 2.82. The van der Waals surface area contributed by atoms with E-state index < -0.39 is 0 Å². The number of rotatable bonds is 2. The van der Waals surface area contributed by atoms with Gasteiger partial charge in [-0.15, -0.1) is 11.3 Å². The fourth-order valence-electron chi connectivity index (χ4n) is 1.94. The molecule has 2 aromatic heterocycles. The molecule has 0 aliphatic rings. The number of aromatic nitrogens is 2. The van der Waals surface area contributed by atoms with E-state index in [0.29, 0.717) is 0 Å². The van der Waals surface area contributed by atoms with Gasteiger partial charge < -0.3 is 10.2 Å². The highest BCUT2D eigenvalue weighted by Crippen LogP contribution is 2.32. The quantitative estimate of drug-likeness (QED) is 0.767. The summed E-state index contributed by atoms with van der Waals surface area (Å²) in [5, 5.41) is 0.970. The summed E-state index contributed by atoms with van der Waals surface area (Å²) in [6.07, 6.45) is 1.45. The maximum Gasteiger partial charge on any atom is 0.181 e. The lowest BCUT2D eigenvalue weighted by atomic mass is 10.2. The topological polar surface area (TPSA) is 64.9 Å². The second kappa shape index (κ2) is 4.19. The van der Waals surface area contributed by atoms with Crippen LogP contribution >= 0.6 is 11.3 Å². The number of hydrogen-bond donors (Lipinski definition) is 1. The standard InChI is InChI=1S/C13H13N3OS/c1-7(14)12-8(2)16-13(18-12)9-3-4-10-11(5-9)17-6-15-10/h3-7H,14H2,1-2H3. The number of thiazole rings is 1. The van der Waals surface area contributed by atoms with Gasteiger partial charge in [0.15, 0.2) is 12.0 Å². The largest absolute Gasteiger partial charge is 0.443 e. The number of hydrogen-bond acceptors (Lipinski definition) is 5. The first-order valence-corrected chi connectivity index (χ1v) is 6.53. The van der Waals surface area contributed by atoms with Crippen molar-refractivity contribution >= 4 is 22.4 Å². The van der Waals surface area contributed by atoms with Gasteiger partial charge in [-0.05, 0) is 32.0 Å². The van der Waals surface area contributed by atoms with Crippen LogP contribution in [0.15, 0.2) is 29.0 Å². The smallest absolute Gasteiger partial charge is 0.181 e. The fraction of sp³-hybridized carbons (Fsp3) is 0.231. The van der Waals surface area contributed by atoms with E-state index in [9.17, 15) is 0 Å². The van der Waals surface area contributed by atoms with Crippen molar-refractivity contribution in [1.29, 1.82) is 0 Å². The summed E-state index contributed by atoms with van der Waals surface area (Å²) in [6.45, 7) is 3.97. The van der Waals surface area contributed by atoms with E-state index in [2.05, 4.69) is 9.97 Å². The SMILES string of the molecule is Cc1nc(-c2ccc3ncoc3c2)sc1C(C)N. The van der Waals surface area contributed by atoms with E-state index in [4.69, 9.17) is 10.2 Å². The molecule has 0 bridgehead atoms. The molecule has 0 spiro atoms. The van der Waals surface area contributed by atoms with Crippen molar-refractivity contribution in [2.45, 2.75) is 19.9 Å². The van der Waals surface area contributed by atoms with Gasteiger partial charge in [0.05, 0.1) is 5.69 Å². The summed E-state index contributed by atoms with van der Waals surface area (Å²) >= 11 is 1.63. The second-order valence-electron chi connectivity index (χ2n) is 4.29. The van der Waals surface area contributed by atoms with Crippen molar-refractivity contribution in [3.8, 4) is 10.6 Å². The first-order chi connectivity index (χ1) is 8.65. The second-order valence-corrected chi connectivity index (χ2v) is 5.32. The Morgan fingerprint density at radius 3 is 2.94 bits per heavy atom. The molecular weight excluding hydrogens is 246 g/mol. The van der Waals surface area contributed by atoms with Crippen LogP contribution in [0.3, 0.4) is 0 Å².